The van der Waals surface area contributed by atoms with Crippen molar-refractivity contribution < 1.29 is 24.3 Å². The van der Waals surface area contributed by atoms with Gasteiger partial charge in [0, 0.05) is 25.8 Å². The third kappa shape index (κ3) is 5.16. The van der Waals surface area contributed by atoms with Gasteiger partial charge in [-0.2, -0.15) is 0 Å². The Labute approximate surface area is 211 Å². The van der Waals surface area contributed by atoms with Crippen LogP contribution in [0.1, 0.15) is 38.2 Å². The van der Waals surface area contributed by atoms with Crippen LogP contribution >= 0.6 is 0 Å². The Morgan fingerprint density at radius 1 is 1.08 bits per heavy atom. The van der Waals surface area contributed by atoms with Crippen LogP contribution in [0.5, 0.6) is 5.75 Å². The molecule has 1 unspecified atom stereocenters. The molecule has 2 aromatic carbocycles. The molecule has 4 amide bonds. The second kappa shape index (κ2) is 10.6. The summed E-state index contributed by atoms with van der Waals surface area (Å²) in [6.07, 6.45) is 2.44. The molecule has 192 valence electrons. The van der Waals surface area contributed by atoms with E-state index in [9.17, 15) is 19.6 Å². The van der Waals surface area contributed by atoms with Gasteiger partial charge in [0.2, 0.25) is 6.41 Å². The first-order chi connectivity index (χ1) is 17.2. The first-order valence-electron chi connectivity index (χ1n) is 12.3. The summed E-state index contributed by atoms with van der Waals surface area (Å²) < 4.78 is 5.91. The molecular formula is C27H34N4O5. The van der Waals surface area contributed by atoms with Crippen LogP contribution < -0.4 is 9.64 Å². The van der Waals surface area contributed by atoms with E-state index in [0.717, 1.165) is 36.5 Å². The number of hydrogen-bond acceptors (Lipinski definition) is 6. The van der Waals surface area contributed by atoms with Crippen molar-refractivity contribution in [3.8, 4) is 5.75 Å². The number of nitrogens with zero attached hydrogens (tertiary/aromatic N) is 4. The average Bonchev–Trinajstić information content (AvgIpc) is 3.06. The van der Waals surface area contributed by atoms with Crippen molar-refractivity contribution in [1.82, 2.24) is 14.9 Å². The number of amides is 4. The van der Waals surface area contributed by atoms with E-state index < -0.39 is 23.5 Å². The summed E-state index contributed by atoms with van der Waals surface area (Å²) in [6.45, 7) is 4.95. The molecule has 9 nitrogen and oxygen atoms in total. The van der Waals surface area contributed by atoms with E-state index in [1.807, 2.05) is 30.3 Å². The lowest BCUT2D eigenvalue weighted by Gasteiger charge is -2.34. The number of urea groups is 1. The standard InChI is InChI=1S/C27H34N4O5/c1-27(2)25(33)31(26(34)28(27)3)23(17-30(35)19-32)18-36-24-11-9-22(10-12-24)29-15-13-21(14-16-29)20-7-5-4-6-8-20/h4-12,19,21,23,35H,13-18H2,1-3H3. The van der Waals surface area contributed by atoms with Gasteiger partial charge in [-0.15, -0.1) is 0 Å². The van der Waals surface area contributed by atoms with Crippen LogP contribution in [0.2, 0.25) is 0 Å². The third-order valence-electron chi connectivity index (χ3n) is 7.37. The quantitative estimate of drug-likeness (QED) is 0.249. The number of benzene rings is 2. The molecule has 2 saturated heterocycles. The summed E-state index contributed by atoms with van der Waals surface area (Å²) >= 11 is 0. The van der Waals surface area contributed by atoms with E-state index in [1.165, 1.54) is 10.5 Å². The van der Waals surface area contributed by atoms with E-state index in [0.29, 0.717) is 16.7 Å². The molecule has 0 radical (unpaired) electrons. The SMILES string of the molecule is CN1C(=O)N(C(COc2ccc(N3CCC(c4ccccc4)CC3)cc2)CN(O)C=O)C(=O)C1(C)C. The molecule has 0 aliphatic carbocycles. The van der Waals surface area contributed by atoms with Gasteiger partial charge < -0.3 is 14.5 Å². The molecule has 1 atom stereocenters. The van der Waals surface area contributed by atoms with Gasteiger partial charge in [-0.25, -0.2) is 9.86 Å². The number of carbonyl (C=O) groups excluding carboxylic acids is 3. The molecule has 0 saturated carbocycles. The molecule has 0 spiro atoms. The molecule has 2 heterocycles. The monoisotopic (exact) mass is 494 g/mol. The fourth-order valence-electron chi connectivity index (χ4n) is 4.86. The molecular weight excluding hydrogens is 460 g/mol. The minimum atomic E-state index is -1.02. The van der Waals surface area contributed by atoms with Crippen LogP contribution in [0.25, 0.3) is 0 Å². The highest BCUT2D eigenvalue weighted by molar-refractivity contribution is 6.06. The van der Waals surface area contributed by atoms with E-state index >= 15 is 0 Å². The smallest absolute Gasteiger partial charge is 0.327 e. The van der Waals surface area contributed by atoms with Crippen LogP contribution in [0.3, 0.4) is 0 Å². The van der Waals surface area contributed by atoms with Crippen LogP contribution in [0.4, 0.5) is 10.5 Å². The summed E-state index contributed by atoms with van der Waals surface area (Å²) in [5.74, 6) is 0.752. The van der Waals surface area contributed by atoms with Crippen molar-refractivity contribution in [1.29, 1.82) is 0 Å². The number of anilines is 1. The molecule has 36 heavy (non-hydrogen) atoms. The summed E-state index contributed by atoms with van der Waals surface area (Å²) in [5, 5.41) is 10.2. The van der Waals surface area contributed by atoms with E-state index in [4.69, 9.17) is 4.74 Å². The largest absolute Gasteiger partial charge is 0.491 e. The van der Waals surface area contributed by atoms with Gasteiger partial charge in [-0.05, 0) is 62.4 Å². The van der Waals surface area contributed by atoms with Crippen molar-refractivity contribution in [2.75, 3.05) is 38.2 Å². The number of carbonyl (C=O) groups is 3. The molecule has 9 heteroatoms. The third-order valence-corrected chi connectivity index (χ3v) is 7.37. The summed E-state index contributed by atoms with van der Waals surface area (Å²) in [5.41, 5.74) is 1.49. The Balaban J connectivity index is 1.38. The van der Waals surface area contributed by atoms with Gasteiger partial charge >= 0.3 is 6.03 Å². The number of hydroxylamine groups is 2. The Morgan fingerprint density at radius 3 is 2.28 bits per heavy atom. The predicted molar refractivity (Wildman–Crippen MR) is 135 cm³/mol. The average molecular weight is 495 g/mol. The van der Waals surface area contributed by atoms with E-state index in [2.05, 4.69) is 29.2 Å². The van der Waals surface area contributed by atoms with Crippen molar-refractivity contribution >= 4 is 24.0 Å². The molecule has 2 aliphatic heterocycles. The highest BCUT2D eigenvalue weighted by Crippen LogP contribution is 2.31. The number of piperidine rings is 1. The maximum Gasteiger partial charge on any atom is 0.327 e. The molecule has 2 aliphatic rings. The summed E-state index contributed by atoms with van der Waals surface area (Å²) in [7, 11) is 1.55. The van der Waals surface area contributed by atoms with Crippen LogP contribution in [-0.2, 0) is 9.59 Å². The number of ether oxygens (including phenoxy) is 1. The van der Waals surface area contributed by atoms with Gasteiger partial charge in [-0.3, -0.25) is 19.7 Å². The number of rotatable bonds is 9. The van der Waals surface area contributed by atoms with Gasteiger partial charge in [0.25, 0.3) is 5.91 Å². The molecule has 2 aromatic rings. The first kappa shape index (κ1) is 25.5. The number of likely N-dealkylation sites (N-methyl/N-ethyl adjacent to an activating group) is 1. The topological polar surface area (TPSA) is 93.6 Å². The van der Waals surface area contributed by atoms with Gasteiger partial charge in [0.1, 0.15) is 17.9 Å². The molecule has 0 bridgehead atoms. The lowest BCUT2D eigenvalue weighted by Crippen LogP contribution is -2.50. The summed E-state index contributed by atoms with van der Waals surface area (Å²) in [6, 6.07) is 17.0. The zero-order valence-electron chi connectivity index (χ0n) is 21.0. The van der Waals surface area contributed by atoms with Crippen molar-refractivity contribution in [2.45, 2.75) is 44.2 Å². The molecule has 2 fully saturated rings. The fraction of sp³-hybridized carbons (Fsp3) is 0.444. The van der Waals surface area contributed by atoms with Crippen LogP contribution in [-0.4, -0.2) is 83.3 Å². The highest BCUT2D eigenvalue weighted by atomic mass is 16.5. The Bertz CT molecular complexity index is 1070. The predicted octanol–water partition coefficient (Wildman–Crippen LogP) is 3.34. The van der Waals surface area contributed by atoms with Gasteiger partial charge in [0.05, 0.1) is 12.6 Å². The molecule has 1 N–H and O–H groups in total. The Morgan fingerprint density at radius 2 is 1.72 bits per heavy atom. The second-order valence-corrected chi connectivity index (χ2v) is 9.93. The first-order valence-corrected chi connectivity index (χ1v) is 12.3. The fourth-order valence-corrected chi connectivity index (χ4v) is 4.86. The van der Waals surface area contributed by atoms with Gasteiger partial charge in [0.15, 0.2) is 0 Å². The Kier molecular flexibility index (Phi) is 7.49. The number of imide groups is 1. The van der Waals surface area contributed by atoms with Gasteiger partial charge in [-0.1, -0.05) is 30.3 Å². The zero-order chi connectivity index (χ0) is 25.9. The zero-order valence-corrected chi connectivity index (χ0v) is 21.0. The van der Waals surface area contributed by atoms with E-state index in [1.54, 1.807) is 20.9 Å². The highest BCUT2D eigenvalue weighted by Gasteiger charge is 2.52. The van der Waals surface area contributed by atoms with Crippen molar-refractivity contribution in [3.63, 3.8) is 0 Å². The lowest BCUT2D eigenvalue weighted by molar-refractivity contribution is -0.155. The number of hydrogen-bond donors (Lipinski definition) is 1. The van der Waals surface area contributed by atoms with Crippen molar-refractivity contribution in [3.05, 3.63) is 60.2 Å². The van der Waals surface area contributed by atoms with Crippen LogP contribution in [0, 0.1) is 0 Å². The maximum absolute atomic E-state index is 12.9. The lowest BCUT2D eigenvalue weighted by atomic mass is 9.89. The normalized spacial score (nSPS) is 18.9. The van der Waals surface area contributed by atoms with Crippen molar-refractivity contribution in [2.24, 2.45) is 0 Å². The van der Waals surface area contributed by atoms with Crippen LogP contribution in [0.15, 0.2) is 54.6 Å². The molecule has 4 rings (SSSR count). The Hall–Kier alpha value is -3.59. The minimum absolute atomic E-state index is 0.0614. The summed E-state index contributed by atoms with van der Waals surface area (Å²) in [4.78, 5) is 41.5. The second-order valence-electron chi connectivity index (χ2n) is 9.93. The molecule has 0 aromatic heterocycles. The maximum atomic E-state index is 12.9. The van der Waals surface area contributed by atoms with E-state index in [-0.39, 0.29) is 19.6 Å². The minimum Gasteiger partial charge on any atom is -0.491 e.